The lowest BCUT2D eigenvalue weighted by Gasteiger charge is -2.28. The van der Waals surface area contributed by atoms with E-state index >= 15 is 0 Å². The van der Waals surface area contributed by atoms with Crippen LogP contribution in [-0.4, -0.2) is 42.9 Å². The van der Waals surface area contributed by atoms with Crippen LogP contribution in [0.4, 0.5) is 4.79 Å². The number of likely N-dealkylation sites (tertiary alicyclic amines) is 1. The van der Waals surface area contributed by atoms with Crippen molar-refractivity contribution in [3.63, 3.8) is 0 Å². The Morgan fingerprint density at radius 3 is 2.72 bits per heavy atom. The number of ether oxygens (including phenoxy) is 3. The van der Waals surface area contributed by atoms with E-state index in [2.05, 4.69) is 34.1 Å². The minimum Gasteiger partial charge on any atom is -0.496 e. The number of benzene rings is 2. The number of thioether (sulfide) groups is 1. The summed E-state index contributed by atoms with van der Waals surface area (Å²) < 4.78 is 18.2. The predicted octanol–water partition coefficient (Wildman–Crippen LogP) is 6.67. The van der Waals surface area contributed by atoms with Crippen molar-refractivity contribution in [2.24, 2.45) is 0 Å². The molecule has 1 aliphatic rings. The number of halogens is 1. The minimum atomic E-state index is -0.488. The van der Waals surface area contributed by atoms with Crippen LogP contribution >= 0.6 is 27.7 Å². The average Bonchev–Trinajstić information content (AvgIpc) is 3.21. The highest BCUT2D eigenvalue weighted by atomic mass is 79.9. The molecule has 0 N–H and O–H groups in total. The summed E-state index contributed by atoms with van der Waals surface area (Å²) in [6.07, 6.45) is 1.68. The van der Waals surface area contributed by atoms with Crippen LogP contribution in [0.15, 0.2) is 51.8 Å². The Hall–Kier alpha value is -1.70. The molecule has 0 aliphatic carbocycles. The van der Waals surface area contributed by atoms with E-state index in [-0.39, 0.29) is 12.1 Å². The number of hydrogen-bond donors (Lipinski definition) is 0. The molecule has 1 amide bonds. The Kier molecular flexibility index (Phi) is 8.91. The largest absolute Gasteiger partial charge is 0.496 e. The fourth-order valence-electron chi connectivity index (χ4n) is 3.65. The van der Waals surface area contributed by atoms with E-state index in [9.17, 15) is 4.79 Å². The van der Waals surface area contributed by atoms with Gasteiger partial charge in [0, 0.05) is 27.2 Å². The zero-order valence-electron chi connectivity index (χ0n) is 19.2. The van der Waals surface area contributed by atoms with Crippen molar-refractivity contribution in [2.45, 2.75) is 62.5 Å². The molecule has 2 aromatic carbocycles. The summed E-state index contributed by atoms with van der Waals surface area (Å²) >= 11 is 5.31. The summed E-state index contributed by atoms with van der Waals surface area (Å²) in [6.45, 7) is 7.43. The maximum Gasteiger partial charge on any atom is 0.410 e. The Labute approximate surface area is 203 Å². The highest BCUT2D eigenvalue weighted by molar-refractivity contribution is 9.10. The lowest BCUT2D eigenvalue weighted by atomic mass is 10.2. The van der Waals surface area contributed by atoms with Crippen LogP contribution in [0, 0.1) is 0 Å². The Morgan fingerprint density at radius 1 is 1.19 bits per heavy atom. The molecule has 174 valence electrons. The van der Waals surface area contributed by atoms with Gasteiger partial charge in [-0.15, -0.1) is 11.8 Å². The van der Waals surface area contributed by atoms with Crippen LogP contribution in [-0.2, 0) is 21.8 Å². The third-order valence-electron chi connectivity index (χ3n) is 5.17. The number of hydrogen-bond acceptors (Lipinski definition) is 5. The van der Waals surface area contributed by atoms with Crippen molar-refractivity contribution in [1.82, 2.24) is 4.90 Å². The molecule has 1 aliphatic heterocycles. The summed E-state index contributed by atoms with van der Waals surface area (Å²) in [4.78, 5) is 15.5. The van der Waals surface area contributed by atoms with E-state index < -0.39 is 5.60 Å². The number of carbonyl (C=O) groups excluding carboxylic acids is 1. The SMILES string of the molecule is COc1ccc(Br)cc1CSc1ccccc1COCC1CCCN1C(=O)OC(C)(C)C. The fraction of sp³-hybridized carbons (Fsp3) is 0.480. The lowest BCUT2D eigenvalue weighted by Crippen LogP contribution is -2.41. The molecule has 32 heavy (non-hydrogen) atoms. The monoisotopic (exact) mass is 521 g/mol. The van der Waals surface area contributed by atoms with Gasteiger partial charge >= 0.3 is 6.09 Å². The Bertz CT molecular complexity index is 915. The molecule has 1 unspecified atom stereocenters. The Balaban J connectivity index is 1.56. The first-order valence-electron chi connectivity index (χ1n) is 10.9. The van der Waals surface area contributed by atoms with Gasteiger partial charge in [-0.25, -0.2) is 4.79 Å². The summed E-state index contributed by atoms with van der Waals surface area (Å²) in [5.74, 6) is 1.69. The van der Waals surface area contributed by atoms with Crippen molar-refractivity contribution < 1.29 is 19.0 Å². The summed E-state index contributed by atoms with van der Waals surface area (Å²) in [5, 5.41) is 0. The predicted molar refractivity (Wildman–Crippen MR) is 132 cm³/mol. The van der Waals surface area contributed by atoms with Gasteiger partial charge in [-0.2, -0.15) is 0 Å². The molecule has 0 radical (unpaired) electrons. The van der Waals surface area contributed by atoms with Gasteiger partial charge < -0.3 is 19.1 Å². The van der Waals surface area contributed by atoms with Crippen LogP contribution < -0.4 is 4.74 Å². The van der Waals surface area contributed by atoms with Crippen LogP contribution in [0.3, 0.4) is 0 Å². The normalized spacial score (nSPS) is 16.3. The maximum atomic E-state index is 12.5. The summed E-state index contributed by atoms with van der Waals surface area (Å²) in [7, 11) is 1.70. The van der Waals surface area contributed by atoms with E-state index in [0.29, 0.717) is 13.2 Å². The minimum absolute atomic E-state index is 0.0654. The molecule has 1 heterocycles. The quantitative estimate of drug-likeness (QED) is 0.363. The second kappa shape index (κ2) is 11.4. The van der Waals surface area contributed by atoms with E-state index in [0.717, 1.165) is 46.5 Å². The molecule has 0 saturated carbocycles. The number of nitrogens with zero attached hydrogens (tertiary/aromatic N) is 1. The summed E-state index contributed by atoms with van der Waals surface area (Å²) in [5.41, 5.74) is 1.80. The van der Waals surface area contributed by atoms with Gasteiger partial charge in [-0.3, -0.25) is 0 Å². The third kappa shape index (κ3) is 7.15. The zero-order chi connectivity index (χ0) is 23.1. The molecular formula is C25H32BrNO4S. The highest BCUT2D eigenvalue weighted by Crippen LogP contribution is 2.32. The fourth-order valence-corrected chi connectivity index (χ4v) is 5.09. The van der Waals surface area contributed by atoms with Crippen LogP contribution in [0.5, 0.6) is 5.75 Å². The third-order valence-corrected chi connectivity index (χ3v) is 6.83. The molecule has 1 saturated heterocycles. The van der Waals surface area contributed by atoms with E-state index in [1.807, 2.05) is 49.9 Å². The number of amides is 1. The average molecular weight is 523 g/mol. The topological polar surface area (TPSA) is 48.0 Å². The zero-order valence-corrected chi connectivity index (χ0v) is 21.6. The second-order valence-corrected chi connectivity index (χ2v) is 10.8. The Morgan fingerprint density at radius 2 is 1.97 bits per heavy atom. The van der Waals surface area contributed by atoms with Gasteiger partial charge in [-0.1, -0.05) is 34.1 Å². The van der Waals surface area contributed by atoms with Crippen molar-refractivity contribution >= 4 is 33.8 Å². The van der Waals surface area contributed by atoms with Gasteiger partial charge in [-0.05, 0) is 63.4 Å². The molecule has 0 bridgehead atoms. The van der Waals surface area contributed by atoms with Crippen LogP contribution in [0.25, 0.3) is 0 Å². The molecule has 0 spiro atoms. The first kappa shape index (κ1) is 24.9. The smallest absolute Gasteiger partial charge is 0.410 e. The van der Waals surface area contributed by atoms with Gasteiger partial charge in [0.1, 0.15) is 11.4 Å². The van der Waals surface area contributed by atoms with Crippen LogP contribution in [0.2, 0.25) is 0 Å². The van der Waals surface area contributed by atoms with E-state index in [4.69, 9.17) is 14.2 Å². The molecule has 1 atom stereocenters. The van der Waals surface area contributed by atoms with Crippen molar-refractivity contribution in [1.29, 1.82) is 0 Å². The number of carbonyl (C=O) groups is 1. The van der Waals surface area contributed by atoms with Crippen LogP contribution in [0.1, 0.15) is 44.7 Å². The molecule has 2 aromatic rings. The molecule has 3 rings (SSSR count). The molecular weight excluding hydrogens is 490 g/mol. The van der Waals surface area contributed by atoms with E-state index in [1.54, 1.807) is 18.9 Å². The highest BCUT2D eigenvalue weighted by Gasteiger charge is 2.32. The van der Waals surface area contributed by atoms with E-state index in [1.165, 1.54) is 4.90 Å². The first-order chi connectivity index (χ1) is 15.3. The maximum absolute atomic E-state index is 12.5. The van der Waals surface area contributed by atoms with Gasteiger partial charge in [0.05, 0.1) is 26.4 Å². The summed E-state index contributed by atoms with van der Waals surface area (Å²) in [6, 6.07) is 14.4. The van der Waals surface area contributed by atoms with Crippen molar-refractivity contribution in [3.8, 4) is 5.75 Å². The second-order valence-electron chi connectivity index (χ2n) is 8.84. The molecule has 7 heteroatoms. The number of methoxy groups -OCH3 is 1. The van der Waals surface area contributed by atoms with Crippen molar-refractivity contribution in [2.75, 3.05) is 20.3 Å². The van der Waals surface area contributed by atoms with Gasteiger partial charge in [0.25, 0.3) is 0 Å². The standard InChI is InChI=1S/C25H32BrNO4S/c1-25(2,3)31-24(28)27-13-7-9-21(27)16-30-15-18-8-5-6-10-23(18)32-17-19-14-20(26)11-12-22(19)29-4/h5-6,8,10-12,14,21H,7,9,13,15-17H2,1-4H3. The van der Waals surface area contributed by atoms with Gasteiger partial charge in [0.2, 0.25) is 0 Å². The first-order valence-corrected chi connectivity index (χ1v) is 12.6. The lowest BCUT2D eigenvalue weighted by molar-refractivity contribution is 0.00867. The molecule has 1 fully saturated rings. The van der Waals surface area contributed by atoms with Crippen molar-refractivity contribution in [3.05, 3.63) is 58.1 Å². The van der Waals surface area contributed by atoms with Gasteiger partial charge in [0.15, 0.2) is 0 Å². The molecule has 5 nitrogen and oxygen atoms in total. The molecule has 0 aromatic heterocycles. The number of rotatable bonds is 8.